The number of carbonyl (C=O) groups is 1. The molecule has 2 heterocycles. The van der Waals surface area contributed by atoms with Crippen molar-refractivity contribution in [1.82, 2.24) is 9.88 Å². The maximum Gasteiger partial charge on any atom is 0.322 e. The SMILES string of the molecule is CCN(CC)c1ccc(NC(=O)N2CCC2c2ccccc2)cn1. The lowest BCUT2D eigenvalue weighted by Crippen LogP contribution is -2.47. The molecule has 0 saturated carbocycles. The highest BCUT2D eigenvalue weighted by atomic mass is 16.2. The van der Waals surface area contributed by atoms with Crippen LogP contribution in [0.3, 0.4) is 0 Å². The van der Waals surface area contributed by atoms with Crippen LogP contribution >= 0.6 is 0 Å². The van der Waals surface area contributed by atoms with E-state index >= 15 is 0 Å². The lowest BCUT2D eigenvalue weighted by Gasteiger charge is -2.41. The lowest BCUT2D eigenvalue weighted by molar-refractivity contribution is 0.126. The lowest BCUT2D eigenvalue weighted by atomic mass is 9.95. The van der Waals surface area contributed by atoms with Crippen LogP contribution in [0, 0.1) is 0 Å². The van der Waals surface area contributed by atoms with Gasteiger partial charge in [0.1, 0.15) is 5.82 Å². The molecule has 2 aromatic rings. The third-order valence-electron chi connectivity index (χ3n) is 4.55. The van der Waals surface area contributed by atoms with Gasteiger partial charge >= 0.3 is 6.03 Å². The van der Waals surface area contributed by atoms with Crippen LogP contribution in [0.4, 0.5) is 16.3 Å². The summed E-state index contributed by atoms with van der Waals surface area (Å²) in [6.45, 7) is 6.84. The van der Waals surface area contributed by atoms with Crippen molar-refractivity contribution in [1.29, 1.82) is 0 Å². The summed E-state index contributed by atoms with van der Waals surface area (Å²) in [6, 6.07) is 14.1. The number of aromatic nitrogens is 1. The molecule has 1 aromatic heterocycles. The Morgan fingerprint density at radius 1 is 1.21 bits per heavy atom. The summed E-state index contributed by atoms with van der Waals surface area (Å²) in [5, 5.41) is 2.95. The molecule has 0 aliphatic carbocycles. The summed E-state index contributed by atoms with van der Waals surface area (Å²) >= 11 is 0. The Bertz CT molecular complexity index is 668. The average Bonchev–Trinajstić information content (AvgIpc) is 2.57. The Hall–Kier alpha value is -2.56. The molecule has 0 spiro atoms. The molecule has 1 fully saturated rings. The van der Waals surface area contributed by atoms with Gasteiger partial charge in [-0.15, -0.1) is 0 Å². The van der Waals surface area contributed by atoms with E-state index in [1.165, 1.54) is 5.56 Å². The Labute approximate surface area is 143 Å². The molecule has 2 amide bonds. The fourth-order valence-corrected chi connectivity index (χ4v) is 3.04. The first-order valence-electron chi connectivity index (χ1n) is 8.56. The van der Waals surface area contributed by atoms with Gasteiger partial charge in [-0.2, -0.15) is 0 Å². The van der Waals surface area contributed by atoms with Crippen LogP contribution < -0.4 is 10.2 Å². The molecule has 1 atom stereocenters. The standard InChI is InChI=1S/C19H24N4O/c1-3-22(4-2)18-11-10-16(14-20-18)21-19(24)23-13-12-17(23)15-8-6-5-7-9-15/h5-11,14,17H,3-4,12-13H2,1-2H3,(H,21,24). The van der Waals surface area contributed by atoms with Crippen LogP contribution in [-0.2, 0) is 0 Å². The number of anilines is 2. The number of amides is 2. The van der Waals surface area contributed by atoms with Gasteiger partial charge in [-0.05, 0) is 38.0 Å². The van der Waals surface area contributed by atoms with Gasteiger partial charge in [-0.1, -0.05) is 30.3 Å². The molecular formula is C19H24N4O. The molecular weight excluding hydrogens is 300 g/mol. The molecule has 5 heteroatoms. The van der Waals surface area contributed by atoms with Gasteiger partial charge in [-0.25, -0.2) is 9.78 Å². The summed E-state index contributed by atoms with van der Waals surface area (Å²) in [7, 11) is 0. The van der Waals surface area contributed by atoms with Gasteiger partial charge in [-0.3, -0.25) is 0 Å². The van der Waals surface area contributed by atoms with Crippen LogP contribution in [0.25, 0.3) is 0 Å². The number of likely N-dealkylation sites (tertiary alicyclic amines) is 1. The van der Waals surface area contributed by atoms with Crippen molar-refractivity contribution in [3.63, 3.8) is 0 Å². The Balaban J connectivity index is 1.63. The van der Waals surface area contributed by atoms with Gasteiger partial charge in [0, 0.05) is 19.6 Å². The number of urea groups is 1. The molecule has 5 nitrogen and oxygen atoms in total. The van der Waals surface area contributed by atoms with Crippen molar-refractivity contribution in [3.8, 4) is 0 Å². The number of rotatable bonds is 5. The highest BCUT2D eigenvalue weighted by Gasteiger charge is 2.33. The number of carbonyl (C=O) groups excluding carboxylic acids is 1. The Kier molecular flexibility index (Phi) is 4.99. The van der Waals surface area contributed by atoms with E-state index < -0.39 is 0 Å². The van der Waals surface area contributed by atoms with Crippen molar-refractivity contribution in [2.75, 3.05) is 29.9 Å². The molecule has 1 N–H and O–H groups in total. The molecule has 126 valence electrons. The summed E-state index contributed by atoms with van der Waals surface area (Å²) < 4.78 is 0. The third-order valence-corrected chi connectivity index (χ3v) is 4.55. The zero-order valence-corrected chi connectivity index (χ0v) is 14.3. The summed E-state index contributed by atoms with van der Waals surface area (Å²) in [5.74, 6) is 0.934. The smallest absolute Gasteiger partial charge is 0.322 e. The monoisotopic (exact) mass is 324 g/mol. The topological polar surface area (TPSA) is 48.5 Å². The number of hydrogen-bond acceptors (Lipinski definition) is 3. The fraction of sp³-hybridized carbons (Fsp3) is 0.368. The van der Waals surface area contributed by atoms with Crippen LogP contribution in [-0.4, -0.2) is 35.5 Å². The highest BCUT2D eigenvalue weighted by molar-refractivity contribution is 5.90. The molecule has 1 unspecified atom stereocenters. The zero-order chi connectivity index (χ0) is 16.9. The first-order chi connectivity index (χ1) is 11.7. The zero-order valence-electron chi connectivity index (χ0n) is 14.3. The molecule has 1 aliphatic heterocycles. The van der Waals surface area contributed by atoms with Crippen molar-refractivity contribution in [3.05, 3.63) is 54.2 Å². The number of nitrogens with zero attached hydrogens (tertiary/aromatic N) is 3. The van der Waals surface area contributed by atoms with Crippen LogP contribution in [0.2, 0.25) is 0 Å². The summed E-state index contributed by atoms with van der Waals surface area (Å²) in [6.07, 6.45) is 2.74. The van der Waals surface area contributed by atoms with Crippen LogP contribution in [0.15, 0.2) is 48.7 Å². The predicted octanol–water partition coefficient (Wildman–Crippen LogP) is 3.91. The van der Waals surface area contributed by atoms with E-state index in [0.717, 1.165) is 37.6 Å². The summed E-state index contributed by atoms with van der Waals surface area (Å²) in [5.41, 5.74) is 1.92. The van der Waals surface area contributed by atoms with E-state index in [-0.39, 0.29) is 12.1 Å². The highest BCUT2D eigenvalue weighted by Crippen LogP contribution is 2.33. The van der Waals surface area contributed by atoms with E-state index in [0.29, 0.717) is 0 Å². The maximum atomic E-state index is 12.5. The first-order valence-corrected chi connectivity index (χ1v) is 8.56. The quantitative estimate of drug-likeness (QED) is 0.907. The minimum atomic E-state index is -0.0625. The normalized spacial score (nSPS) is 16.4. The largest absolute Gasteiger partial charge is 0.357 e. The average molecular weight is 324 g/mol. The van der Waals surface area contributed by atoms with Crippen molar-refractivity contribution < 1.29 is 4.79 Å². The van der Waals surface area contributed by atoms with Crippen molar-refractivity contribution in [2.45, 2.75) is 26.3 Å². The Morgan fingerprint density at radius 3 is 2.50 bits per heavy atom. The molecule has 24 heavy (non-hydrogen) atoms. The van der Waals surface area contributed by atoms with Crippen molar-refractivity contribution >= 4 is 17.5 Å². The van der Waals surface area contributed by atoms with Gasteiger partial charge in [0.05, 0.1) is 17.9 Å². The molecule has 1 saturated heterocycles. The number of pyridine rings is 1. The van der Waals surface area contributed by atoms with Gasteiger partial charge in [0.25, 0.3) is 0 Å². The molecule has 0 radical (unpaired) electrons. The van der Waals surface area contributed by atoms with E-state index in [2.05, 4.69) is 41.2 Å². The minimum absolute atomic E-state index is 0.0625. The van der Waals surface area contributed by atoms with Crippen molar-refractivity contribution in [2.24, 2.45) is 0 Å². The third kappa shape index (κ3) is 3.35. The number of nitrogens with one attached hydrogen (secondary N) is 1. The second-order valence-electron chi connectivity index (χ2n) is 5.92. The van der Waals surface area contributed by atoms with Gasteiger partial charge in [0.15, 0.2) is 0 Å². The van der Waals surface area contributed by atoms with E-state index in [1.54, 1.807) is 6.20 Å². The van der Waals surface area contributed by atoms with E-state index in [4.69, 9.17) is 0 Å². The predicted molar refractivity (Wildman–Crippen MR) is 97.3 cm³/mol. The maximum absolute atomic E-state index is 12.5. The molecule has 0 bridgehead atoms. The van der Waals surface area contributed by atoms with E-state index in [9.17, 15) is 4.79 Å². The first kappa shape index (κ1) is 16.3. The molecule has 1 aromatic carbocycles. The number of hydrogen-bond donors (Lipinski definition) is 1. The van der Waals surface area contributed by atoms with Crippen LogP contribution in [0.5, 0.6) is 0 Å². The van der Waals surface area contributed by atoms with Gasteiger partial charge in [0.2, 0.25) is 0 Å². The second kappa shape index (κ2) is 7.34. The van der Waals surface area contributed by atoms with E-state index in [1.807, 2.05) is 35.2 Å². The summed E-state index contributed by atoms with van der Waals surface area (Å²) in [4.78, 5) is 21.0. The van der Waals surface area contributed by atoms with Gasteiger partial charge < -0.3 is 15.1 Å². The fourth-order valence-electron chi connectivity index (χ4n) is 3.04. The second-order valence-corrected chi connectivity index (χ2v) is 5.92. The minimum Gasteiger partial charge on any atom is -0.357 e. The number of benzene rings is 1. The van der Waals surface area contributed by atoms with Crippen LogP contribution in [0.1, 0.15) is 31.9 Å². The molecule has 1 aliphatic rings. The Morgan fingerprint density at radius 2 is 1.96 bits per heavy atom. The molecule has 3 rings (SSSR count).